The zero-order valence-electron chi connectivity index (χ0n) is 11.4. The quantitative estimate of drug-likeness (QED) is 0.871. The highest BCUT2D eigenvalue weighted by atomic mass is 79.9. The van der Waals surface area contributed by atoms with Gasteiger partial charge in [-0.25, -0.2) is 8.42 Å². The van der Waals surface area contributed by atoms with Gasteiger partial charge in [0.2, 0.25) is 0 Å². The molecule has 1 aliphatic rings. The fourth-order valence-corrected chi connectivity index (χ4v) is 5.10. The van der Waals surface area contributed by atoms with Gasteiger partial charge in [-0.2, -0.15) is 0 Å². The average molecular weight is 363 g/mol. The first-order chi connectivity index (χ1) is 9.39. The Bertz CT molecular complexity index is 571. The first kappa shape index (κ1) is 15.8. The van der Waals surface area contributed by atoms with Gasteiger partial charge in [0.05, 0.1) is 29.2 Å². The summed E-state index contributed by atoms with van der Waals surface area (Å²) in [6.45, 7) is 0. The number of hydrogen-bond acceptors (Lipinski definition) is 4. The molecule has 1 heterocycles. The van der Waals surface area contributed by atoms with Crippen LogP contribution in [0.2, 0.25) is 0 Å². The number of rotatable bonds is 5. The van der Waals surface area contributed by atoms with E-state index in [1.165, 1.54) is 0 Å². The summed E-state index contributed by atoms with van der Waals surface area (Å²) in [5.74, 6) is 1.33. The van der Waals surface area contributed by atoms with Crippen molar-refractivity contribution in [1.82, 2.24) is 0 Å². The molecule has 4 nitrogen and oxygen atoms in total. The largest absolute Gasteiger partial charge is 0.496 e. The maximum absolute atomic E-state index is 11.4. The predicted octanol–water partition coefficient (Wildman–Crippen LogP) is 2.19. The number of methoxy groups -OCH3 is 1. The van der Waals surface area contributed by atoms with Gasteiger partial charge in [-0.05, 0) is 58.8 Å². The standard InChI is InChI=1S/C14H19BrO4S/c1-19-14-3-2-10(8-13(14)15)6-12(16)7-11-4-5-20(17,18)9-11/h2-3,8,11-12,16H,4-7,9H2,1H3. The number of sulfone groups is 1. The van der Waals surface area contributed by atoms with Gasteiger partial charge in [0, 0.05) is 0 Å². The molecule has 2 atom stereocenters. The number of hydrogen-bond donors (Lipinski definition) is 1. The second kappa shape index (κ2) is 6.45. The van der Waals surface area contributed by atoms with Crippen LogP contribution in [0.4, 0.5) is 0 Å². The van der Waals surface area contributed by atoms with Crippen LogP contribution in [0.25, 0.3) is 0 Å². The van der Waals surface area contributed by atoms with E-state index in [2.05, 4.69) is 15.9 Å². The molecule has 20 heavy (non-hydrogen) atoms. The highest BCUT2D eigenvalue weighted by molar-refractivity contribution is 9.10. The molecule has 1 aromatic carbocycles. The molecule has 2 rings (SSSR count). The lowest BCUT2D eigenvalue weighted by atomic mass is 9.97. The van der Waals surface area contributed by atoms with Gasteiger partial charge in [0.25, 0.3) is 0 Å². The number of aliphatic hydroxyl groups is 1. The van der Waals surface area contributed by atoms with Gasteiger partial charge in [0.15, 0.2) is 9.84 Å². The molecule has 1 saturated heterocycles. The van der Waals surface area contributed by atoms with E-state index in [-0.39, 0.29) is 17.4 Å². The van der Waals surface area contributed by atoms with E-state index in [1.54, 1.807) is 7.11 Å². The Morgan fingerprint density at radius 3 is 2.80 bits per heavy atom. The topological polar surface area (TPSA) is 63.6 Å². The monoisotopic (exact) mass is 362 g/mol. The molecule has 0 aliphatic carbocycles. The fraction of sp³-hybridized carbons (Fsp3) is 0.571. The summed E-state index contributed by atoms with van der Waals surface area (Å²) >= 11 is 3.41. The van der Waals surface area contributed by atoms with E-state index in [9.17, 15) is 13.5 Å². The van der Waals surface area contributed by atoms with Gasteiger partial charge in [-0.3, -0.25) is 0 Å². The van der Waals surface area contributed by atoms with Gasteiger partial charge in [-0.1, -0.05) is 6.07 Å². The predicted molar refractivity (Wildman–Crippen MR) is 81.8 cm³/mol. The molecule has 0 bridgehead atoms. The van der Waals surface area contributed by atoms with Crippen LogP contribution < -0.4 is 4.74 Å². The van der Waals surface area contributed by atoms with E-state index in [4.69, 9.17) is 4.74 Å². The molecule has 0 aromatic heterocycles. The normalized spacial score (nSPS) is 22.6. The lowest BCUT2D eigenvalue weighted by Gasteiger charge is -2.15. The van der Waals surface area contributed by atoms with Crippen molar-refractivity contribution in [2.45, 2.75) is 25.4 Å². The molecule has 112 valence electrons. The first-order valence-electron chi connectivity index (χ1n) is 6.60. The van der Waals surface area contributed by atoms with Crippen LogP contribution in [0.5, 0.6) is 5.75 Å². The fourth-order valence-electron chi connectivity index (χ4n) is 2.63. The van der Waals surface area contributed by atoms with Crippen LogP contribution in [0, 0.1) is 5.92 Å². The Morgan fingerprint density at radius 2 is 2.25 bits per heavy atom. The van der Waals surface area contributed by atoms with Crippen LogP contribution in [0.3, 0.4) is 0 Å². The smallest absolute Gasteiger partial charge is 0.150 e. The Hall–Kier alpha value is -0.590. The van der Waals surface area contributed by atoms with E-state index < -0.39 is 15.9 Å². The van der Waals surface area contributed by atoms with Crippen molar-refractivity contribution in [3.05, 3.63) is 28.2 Å². The summed E-state index contributed by atoms with van der Waals surface area (Å²) in [5.41, 5.74) is 1.01. The van der Waals surface area contributed by atoms with Crippen molar-refractivity contribution in [2.24, 2.45) is 5.92 Å². The highest BCUT2D eigenvalue weighted by Gasteiger charge is 2.29. The Labute approximate surface area is 128 Å². The number of ether oxygens (including phenoxy) is 1. The molecule has 0 radical (unpaired) electrons. The maximum Gasteiger partial charge on any atom is 0.150 e. The molecular formula is C14H19BrO4S. The van der Waals surface area contributed by atoms with Crippen LogP contribution in [-0.4, -0.2) is 38.2 Å². The molecule has 1 aromatic rings. The summed E-state index contributed by atoms with van der Waals surface area (Å²) in [6, 6.07) is 5.69. The lowest BCUT2D eigenvalue weighted by molar-refractivity contribution is 0.147. The maximum atomic E-state index is 11.4. The Kier molecular flexibility index (Phi) is 5.09. The number of aliphatic hydroxyl groups excluding tert-OH is 1. The van der Waals surface area contributed by atoms with E-state index >= 15 is 0 Å². The number of halogens is 1. The molecule has 0 saturated carbocycles. The summed E-state index contributed by atoms with van der Waals surface area (Å²) in [4.78, 5) is 0. The minimum Gasteiger partial charge on any atom is -0.496 e. The van der Waals surface area contributed by atoms with Crippen LogP contribution in [-0.2, 0) is 16.3 Å². The van der Waals surface area contributed by atoms with Crippen molar-refractivity contribution < 1.29 is 18.3 Å². The third-order valence-electron chi connectivity index (χ3n) is 3.62. The molecule has 6 heteroatoms. The average Bonchev–Trinajstić information content (AvgIpc) is 2.68. The van der Waals surface area contributed by atoms with Gasteiger partial charge >= 0.3 is 0 Å². The molecular weight excluding hydrogens is 344 g/mol. The van der Waals surface area contributed by atoms with E-state index in [1.807, 2.05) is 18.2 Å². The third-order valence-corrected chi connectivity index (χ3v) is 6.08. The molecule has 1 N–H and O–H groups in total. The number of benzene rings is 1. The van der Waals surface area contributed by atoms with Crippen molar-refractivity contribution in [3.8, 4) is 5.75 Å². The Balaban J connectivity index is 1.91. The van der Waals surface area contributed by atoms with Gasteiger partial charge in [-0.15, -0.1) is 0 Å². The second-order valence-electron chi connectivity index (χ2n) is 5.33. The third kappa shape index (κ3) is 4.20. The SMILES string of the molecule is COc1ccc(CC(O)CC2CCS(=O)(=O)C2)cc1Br. The van der Waals surface area contributed by atoms with Crippen molar-refractivity contribution in [1.29, 1.82) is 0 Å². The van der Waals surface area contributed by atoms with Crippen LogP contribution in [0.1, 0.15) is 18.4 Å². The summed E-state index contributed by atoms with van der Waals surface area (Å²) in [6.07, 6.45) is 1.24. The summed E-state index contributed by atoms with van der Waals surface area (Å²) < 4.78 is 28.8. The van der Waals surface area contributed by atoms with Gasteiger partial charge in [0.1, 0.15) is 5.75 Å². The molecule has 0 amide bonds. The zero-order chi connectivity index (χ0) is 14.8. The van der Waals surface area contributed by atoms with Crippen molar-refractivity contribution >= 4 is 25.8 Å². The second-order valence-corrected chi connectivity index (χ2v) is 8.41. The van der Waals surface area contributed by atoms with Gasteiger partial charge < -0.3 is 9.84 Å². The molecule has 0 spiro atoms. The summed E-state index contributed by atoms with van der Waals surface area (Å²) in [7, 11) is -1.26. The highest BCUT2D eigenvalue weighted by Crippen LogP contribution is 2.28. The zero-order valence-corrected chi connectivity index (χ0v) is 13.8. The minimum atomic E-state index is -2.86. The van der Waals surface area contributed by atoms with E-state index in [0.29, 0.717) is 19.3 Å². The van der Waals surface area contributed by atoms with Crippen molar-refractivity contribution in [2.75, 3.05) is 18.6 Å². The molecule has 2 unspecified atom stereocenters. The molecule has 1 fully saturated rings. The van der Waals surface area contributed by atoms with Crippen molar-refractivity contribution in [3.63, 3.8) is 0 Å². The van der Waals surface area contributed by atoms with Crippen LogP contribution >= 0.6 is 15.9 Å². The minimum absolute atomic E-state index is 0.0942. The van der Waals surface area contributed by atoms with E-state index in [0.717, 1.165) is 15.8 Å². The molecule has 1 aliphatic heterocycles. The Morgan fingerprint density at radius 1 is 1.50 bits per heavy atom. The lowest BCUT2D eigenvalue weighted by Crippen LogP contribution is -2.17. The first-order valence-corrected chi connectivity index (χ1v) is 9.22. The summed E-state index contributed by atoms with van der Waals surface area (Å²) in [5, 5.41) is 10.1. The van der Waals surface area contributed by atoms with Crippen LogP contribution in [0.15, 0.2) is 22.7 Å².